The molecule has 0 atom stereocenters. The van der Waals surface area contributed by atoms with Gasteiger partial charge in [0.05, 0.1) is 10.6 Å². The number of amides is 1. The van der Waals surface area contributed by atoms with Crippen LogP contribution in [0.15, 0.2) is 29.3 Å². The van der Waals surface area contributed by atoms with Crippen molar-refractivity contribution in [2.45, 2.75) is 19.3 Å². The molecular formula is C20H31ClN4O3. The molecule has 8 heteroatoms. The first-order chi connectivity index (χ1) is 13.7. The molecule has 7 nitrogen and oxygen atoms in total. The fourth-order valence-corrected chi connectivity index (χ4v) is 3.08. The lowest BCUT2D eigenvalue weighted by Gasteiger charge is -2.21. The minimum atomic E-state index is -0.183. The Morgan fingerprint density at radius 3 is 2.64 bits per heavy atom. The van der Waals surface area contributed by atoms with Crippen LogP contribution in [0, 0.1) is 5.92 Å². The average molecular weight is 411 g/mol. The van der Waals surface area contributed by atoms with Crippen LogP contribution < -0.4 is 16.0 Å². The van der Waals surface area contributed by atoms with E-state index in [0.29, 0.717) is 35.6 Å². The van der Waals surface area contributed by atoms with Gasteiger partial charge in [0.2, 0.25) is 0 Å². The highest BCUT2D eigenvalue weighted by atomic mass is 35.5. The summed E-state index contributed by atoms with van der Waals surface area (Å²) in [7, 11) is 1.72. The summed E-state index contributed by atoms with van der Waals surface area (Å²) in [5, 5.41) is 9.70. The molecule has 0 saturated carbocycles. The monoisotopic (exact) mass is 410 g/mol. The van der Waals surface area contributed by atoms with Crippen molar-refractivity contribution >= 4 is 23.5 Å². The molecule has 1 aliphatic rings. The van der Waals surface area contributed by atoms with Crippen molar-refractivity contribution in [3.05, 3.63) is 34.9 Å². The van der Waals surface area contributed by atoms with Crippen molar-refractivity contribution < 1.29 is 14.3 Å². The van der Waals surface area contributed by atoms with E-state index in [-0.39, 0.29) is 5.91 Å². The number of aliphatic imine (C=N–C) groups is 1. The van der Waals surface area contributed by atoms with Crippen molar-refractivity contribution in [1.29, 1.82) is 0 Å². The quantitative estimate of drug-likeness (QED) is 0.312. The van der Waals surface area contributed by atoms with Crippen LogP contribution in [0.4, 0.5) is 0 Å². The number of guanidine groups is 1. The van der Waals surface area contributed by atoms with Crippen molar-refractivity contribution in [2.75, 3.05) is 53.1 Å². The number of halogens is 1. The third-order valence-electron chi connectivity index (χ3n) is 4.50. The summed E-state index contributed by atoms with van der Waals surface area (Å²) in [5.74, 6) is 1.16. The molecule has 0 bridgehead atoms. The number of ether oxygens (including phenoxy) is 2. The number of carbonyl (C=O) groups is 1. The van der Waals surface area contributed by atoms with Crippen LogP contribution in [0.25, 0.3) is 0 Å². The highest BCUT2D eigenvalue weighted by Crippen LogP contribution is 2.15. The lowest BCUT2D eigenvalue weighted by molar-refractivity contribution is 0.0203. The second kappa shape index (κ2) is 13.4. The van der Waals surface area contributed by atoms with Gasteiger partial charge in [0.1, 0.15) is 0 Å². The third kappa shape index (κ3) is 8.46. The van der Waals surface area contributed by atoms with E-state index in [9.17, 15) is 4.79 Å². The van der Waals surface area contributed by atoms with Gasteiger partial charge in [0, 0.05) is 53.1 Å². The molecule has 0 aromatic heterocycles. The predicted molar refractivity (Wildman–Crippen MR) is 112 cm³/mol. The molecule has 1 aromatic carbocycles. The van der Waals surface area contributed by atoms with E-state index in [1.807, 2.05) is 0 Å². The maximum atomic E-state index is 12.1. The van der Waals surface area contributed by atoms with Crippen LogP contribution in [0.1, 0.15) is 29.6 Å². The fraction of sp³-hybridized carbons (Fsp3) is 0.600. The summed E-state index contributed by atoms with van der Waals surface area (Å²) in [6.45, 7) is 5.08. The van der Waals surface area contributed by atoms with Crippen molar-refractivity contribution in [3.63, 3.8) is 0 Å². The Morgan fingerprint density at radius 1 is 1.18 bits per heavy atom. The van der Waals surface area contributed by atoms with Crippen LogP contribution in [0.2, 0.25) is 5.02 Å². The van der Waals surface area contributed by atoms with Gasteiger partial charge in [-0.3, -0.25) is 9.79 Å². The summed E-state index contributed by atoms with van der Waals surface area (Å²) >= 11 is 6.02. The Labute approximate surface area is 172 Å². The van der Waals surface area contributed by atoms with E-state index in [2.05, 4.69) is 20.9 Å². The molecular weight excluding hydrogens is 380 g/mol. The Morgan fingerprint density at radius 2 is 1.89 bits per heavy atom. The second-order valence-electron chi connectivity index (χ2n) is 6.65. The first kappa shape index (κ1) is 22.5. The first-order valence-electron chi connectivity index (χ1n) is 9.83. The largest absolute Gasteiger partial charge is 0.381 e. The molecule has 1 aromatic rings. The molecule has 156 valence electrons. The maximum Gasteiger partial charge on any atom is 0.252 e. The minimum absolute atomic E-state index is 0.183. The van der Waals surface area contributed by atoms with E-state index >= 15 is 0 Å². The summed E-state index contributed by atoms with van der Waals surface area (Å²) in [6.07, 6.45) is 3.11. The number of nitrogens with zero attached hydrogens (tertiary/aromatic N) is 1. The molecule has 1 aliphatic heterocycles. The zero-order valence-corrected chi connectivity index (χ0v) is 17.3. The Balaban J connectivity index is 1.50. The molecule has 1 fully saturated rings. The van der Waals surface area contributed by atoms with E-state index in [1.165, 1.54) is 0 Å². The van der Waals surface area contributed by atoms with Gasteiger partial charge in [-0.15, -0.1) is 0 Å². The van der Waals surface area contributed by atoms with Crippen molar-refractivity contribution in [3.8, 4) is 0 Å². The van der Waals surface area contributed by atoms with Gasteiger partial charge in [-0.25, -0.2) is 0 Å². The lowest BCUT2D eigenvalue weighted by Crippen LogP contribution is -2.42. The van der Waals surface area contributed by atoms with Gasteiger partial charge in [0.25, 0.3) is 5.91 Å². The summed E-state index contributed by atoms with van der Waals surface area (Å²) < 4.78 is 11.1. The van der Waals surface area contributed by atoms with Gasteiger partial charge < -0.3 is 25.4 Å². The van der Waals surface area contributed by atoms with Crippen LogP contribution in [-0.4, -0.2) is 65.0 Å². The zero-order valence-electron chi connectivity index (χ0n) is 16.5. The molecule has 1 saturated heterocycles. The number of hydrogen-bond acceptors (Lipinski definition) is 4. The van der Waals surface area contributed by atoms with Crippen LogP contribution in [-0.2, 0) is 9.47 Å². The highest BCUT2D eigenvalue weighted by Gasteiger charge is 2.13. The molecule has 0 radical (unpaired) electrons. The number of hydrogen-bond donors (Lipinski definition) is 3. The van der Waals surface area contributed by atoms with Gasteiger partial charge in [0.15, 0.2) is 5.96 Å². The molecule has 2 rings (SSSR count). The third-order valence-corrected chi connectivity index (χ3v) is 4.83. The van der Waals surface area contributed by atoms with E-state index in [1.54, 1.807) is 31.3 Å². The van der Waals surface area contributed by atoms with Crippen molar-refractivity contribution in [1.82, 2.24) is 16.0 Å². The first-order valence-corrected chi connectivity index (χ1v) is 10.2. The van der Waals surface area contributed by atoms with Gasteiger partial charge in [-0.1, -0.05) is 23.7 Å². The Bertz CT molecular complexity index is 621. The molecule has 0 spiro atoms. The summed E-state index contributed by atoms with van der Waals surface area (Å²) in [5.41, 5.74) is 0.479. The number of rotatable bonds is 10. The summed E-state index contributed by atoms with van der Waals surface area (Å²) in [4.78, 5) is 16.3. The topological polar surface area (TPSA) is 84.0 Å². The zero-order chi connectivity index (χ0) is 20.0. The van der Waals surface area contributed by atoms with E-state index < -0.39 is 0 Å². The minimum Gasteiger partial charge on any atom is -0.381 e. The van der Waals surface area contributed by atoms with Gasteiger partial charge >= 0.3 is 0 Å². The van der Waals surface area contributed by atoms with Crippen LogP contribution in [0.3, 0.4) is 0 Å². The molecule has 0 unspecified atom stereocenters. The SMILES string of the molecule is CN=C(NCCCOCC1CCOCC1)NCCNC(=O)c1ccccc1Cl. The average Bonchev–Trinajstić information content (AvgIpc) is 2.73. The highest BCUT2D eigenvalue weighted by molar-refractivity contribution is 6.33. The second-order valence-corrected chi connectivity index (χ2v) is 7.05. The standard InChI is InChI=1S/C20H31ClN4O3/c1-22-20(24-9-4-12-28-15-16-7-13-27-14-8-16)25-11-10-23-19(26)17-5-2-3-6-18(17)21/h2-3,5-6,16H,4,7-15H2,1H3,(H,23,26)(H2,22,24,25). The van der Waals surface area contributed by atoms with Crippen molar-refractivity contribution in [2.24, 2.45) is 10.9 Å². The van der Waals surface area contributed by atoms with E-state index in [0.717, 1.165) is 52.2 Å². The number of nitrogens with one attached hydrogen (secondary N) is 3. The molecule has 1 heterocycles. The van der Waals surface area contributed by atoms with Crippen LogP contribution in [0.5, 0.6) is 0 Å². The predicted octanol–water partition coefficient (Wildman–Crippen LogP) is 2.07. The lowest BCUT2D eigenvalue weighted by atomic mass is 10.0. The summed E-state index contributed by atoms with van der Waals surface area (Å²) in [6, 6.07) is 6.99. The molecule has 28 heavy (non-hydrogen) atoms. The van der Waals surface area contributed by atoms with E-state index in [4.69, 9.17) is 21.1 Å². The normalized spacial score (nSPS) is 15.3. The number of benzene rings is 1. The molecule has 3 N–H and O–H groups in total. The Kier molecular flexibility index (Phi) is 10.7. The Hall–Kier alpha value is -1.83. The van der Waals surface area contributed by atoms with Gasteiger partial charge in [-0.05, 0) is 37.3 Å². The molecule has 1 amide bonds. The van der Waals surface area contributed by atoms with Crippen LogP contribution >= 0.6 is 11.6 Å². The fourth-order valence-electron chi connectivity index (χ4n) is 2.86. The number of carbonyl (C=O) groups excluding carboxylic acids is 1. The molecule has 0 aliphatic carbocycles. The maximum absolute atomic E-state index is 12.1. The van der Waals surface area contributed by atoms with Gasteiger partial charge in [-0.2, -0.15) is 0 Å². The smallest absolute Gasteiger partial charge is 0.252 e.